The molecule has 0 fully saturated rings. The third kappa shape index (κ3) is 4.86. The van der Waals surface area contributed by atoms with Crippen molar-refractivity contribution in [2.24, 2.45) is 0 Å². The smallest absolute Gasteiger partial charge is 0.226 e. The van der Waals surface area contributed by atoms with Gasteiger partial charge in [0, 0.05) is 31.6 Å². The first kappa shape index (κ1) is 18.6. The fourth-order valence-electron chi connectivity index (χ4n) is 2.47. The molecule has 4 nitrogen and oxygen atoms in total. The van der Waals surface area contributed by atoms with Crippen molar-refractivity contribution < 1.29 is 18.4 Å². The molecule has 0 aromatic heterocycles. The molecular formula is C19H20F2N2O2. The van der Waals surface area contributed by atoms with E-state index in [4.69, 9.17) is 0 Å². The van der Waals surface area contributed by atoms with Crippen molar-refractivity contribution in [3.63, 3.8) is 0 Å². The minimum absolute atomic E-state index is 0.0101. The van der Waals surface area contributed by atoms with Gasteiger partial charge in [0.1, 0.15) is 11.6 Å². The van der Waals surface area contributed by atoms with E-state index in [0.717, 1.165) is 28.9 Å². The average Bonchev–Trinajstić information content (AvgIpc) is 2.53. The van der Waals surface area contributed by atoms with Crippen LogP contribution < -0.4 is 10.2 Å². The molecular weight excluding hydrogens is 326 g/mol. The molecule has 0 saturated heterocycles. The van der Waals surface area contributed by atoms with E-state index in [0.29, 0.717) is 6.07 Å². The molecule has 0 saturated carbocycles. The highest BCUT2D eigenvalue weighted by Gasteiger charge is 2.16. The summed E-state index contributed by atoms with van der Waals surface area (Å²) in [7, 11) is 0. The number of carbonyl (C=O) groups excluding carboxylic acids is 2. The van der Waals surface area contributed by atoms with Gasteiger partial charge in [-0.05, 0) is 43.2 Å². The van der Waals surface area contributed by atoms with Crippen LogP contribution in [-0.4, -0.2) is 18.4 Å². The van der Waals surface area contributed by atoms with E-state index in [1.807, 2.05) is 32.0 Å². The van der Waals surface area contributed by atoms with E-state index in [-0.39, 0.29) is 24.6 Å². The summed E-state index contributed by atoms with van der Waals surface area (Å²) in [6.45, 7) is 5.40. The van der Waals surface area contributed by atoms with Crippen LogP contribution in [0.2, 0.25) is 0 Å². The third-order valence-electron chi connectivity index (χ3n) is 3.80. The lowest BCUT2D eigenvalue weighted by atomic mass is 10.1. The van der Waals surface area contributed by atoms with Gasteiger partial charge in [-0.15, -0.1) is 0 Å². The summed E-state index contributed by atoms with van der Waals surface area (Å²) < 4.78 is 26.5. The second kappa shape index (κ2) is 7.88. The van der Waals surface area contributed by atoms with E-state index in [2.05, 4.69) is 5.32 Å². The first-order chi connectivity index (χ1) is 11.8. The van der Waals surface area contributed by atoms with Gasteiger partial charge in [0.15, 0.2) is 0 Å². The number of nitrogens with one attached hydrogen (secondary N) is 1. The van der Waals surface area contributed by atoms with Crippen LogP contribution in [0.5, 0.6) is 0 Å². The average molecular weight is 346 g/mol. The molecule has 25 heavy (non-hydrogen) atoms. The van der Waals surface area contributed by atoms with Crippen LogP contribution in [0.3, 0.4) is 0 Å². The lowest BCUT2D eigenvalue weighted by Gasteiger charge is -2.23. The first-order valence-corrected chi connectivity index (χ1v) is 7.88. The van der Waals surface area contributed by atoms with Crippen LogP contribution in [0.15, 0.2) is 36.4 Å². The molecule has 6 heteroatoms. The van der Waals surface area contributed by atoms with E-state index in [1.165, 1.54) is 11.8 Å². The maximum Gasteiger partial charge on any atom is 0.226 e. The molecule has 0 unspecified atom stereocenters. The number of benzene rings is 2. The highest BCUT2D eigenvalue weighted by atomic mass is 19.1. The van der Waals surface area contributed by atoms with Crippen molar-refractivity contribution in [1.82, 2.24) is 0 Å². The molecule has 2 aromatic carbocycles. The van der Waals surface area contributed by atoms with Crippen LogP contribution in [0.4, 0.5) is 20.2 Å². The van der Waals surface area contributed by atoms with Crippen molar-refractivity contribution in [1.29, 1.82) is 0 Å². The summed E-state index contributed by atoms with van der Waals surface area (Å²) in [4.78, 5) is 25.5. The second-order valence-electron chi connectivity index (χ2n) is 5.88. The van der Waals surface area contributed by atoms with Gasteiger partial charge in [0.05, 0.1) is 5.69 Å². The molecule has 0 bridgehead atoms. The second-order valence-corrected chi connectivity index (χ2v) is 5.88. The summed E-state index contributed by atoms with van der Waals surface area (Å²) in [6, 6.07) is 8.67. The Morgan fingerprint density at radius 2 is 1.80 bits per heavy atom. The van der Waals surface area contributed by atoms with Crippen molar-refractivity contribution >= 4 is 23.2 Å². The molecule has 2 rings (SSSR count). The highest BCUT2D eigenvalue weighted by Crippen LogP contribution is 2.22. The normalized spacial score (nSPS) is 10.4. The van der Waals surface area contributed by atoms with Crippen LogP contribution in [0.25, 0.3) is 0 Å². The number of nitrogens with zero attached hydrogens (tertiary/aromatic N) is 1. The summed E-state index contributed by atoms with van der Waals surface area (Å²) in [6.07, 6.45) is -0.0101. The maximum atomic E-state index is 13.6. The van der Waals surface area contributed by atoms with E-state index >= 15 is 0 Å². The van der Waals surface area contributed by atoms with Gasteiger partial charge in [-0.1, -0.05) is 12.1 Å². The van der Waals surface area contributed by atoms with E-state index < -0.39 is 17.5 Å². The number of hydrogen-bond acceptors (Lipinski definition) is 2. The molecule has 132 valence electrons. The van der Waals surface area contributed by atoms with Crippen molar-refractivity contribution in [3.8, 4) is 0 Å². The minimum atomic E-state index is -0.841. The number of anilines is 2. The number of amides is 2. The summed E-state index contributed by atoms with van der Waals surface area (Å²) in [5.74, 6) is -2.20. The van der Waals surface area contributed by atoms with Gasteiger partial charge in [-0.3, -0.25) is 9.59 Å². The Morgan fingerprint density at radius 1 is 1.08 bits per heavy atom. The quantitative estimate of drug-likeness (QED) is 0.891. The lowest BCUT2D eigenvalue weighted by molar-refractivity contribution is -0.117. The molecule has 2 aromatic rings. The minimum Gasteiger partial charge on any atom is -0.324 e. The largest absolute Gasteiger partial charge is 0.324 e. The van der Waals surface area contributed by atoms with E-state index in [1.54, 1.807) is 0 Å². The summed E-state index contributed by atoms with van der Waals surface area (Å²) in [5.41, 5.74) is 2.58. The van der Waals surface area contributed by atoms with Gasteiger partial charge in [-0.2, -0.15) is 0 Å². The number of carbonyl (C=O) groups is 2. The van der Waals surface area contributed by atoms with Crippen molar-refractivity contribution in [2.45, 2.75) is 27.2 Å². The number of halogens is 2. The standard InChI is InChI=1S/C19H20F2N2O2/c1-12-4-5-13(2)18(10-12)23(14(3)24)9-8-19(25)22-17-7-6-15(20)11-16(17)21/h4-7,10-11H,8-9H2,1-3H3,(H,22,25). The van der Waals surface area contributed by atoms with Crippen LogP contribution in [-0.2, 0) is 9.59 Å². The fraction of sp³-hybridized carbons (Fsp3) is 0.263. The summed E-state index contributed by atoms with van der Waals surface area (Å²) in [5, 5.41) is 2.39. The summed E-state index contributed by atoms with van der Waals surface area (Å²) >= 11 is 0. The van der Waals surface area contributed by atoms with Crippen molar-refractivity contribution in [2.75, 3.05) is 16.8 Å². The van der Waals surface area contributed by atoms with Gasteiger partial charge in [0.25, 0.3) is 0 Å². The molecule has 0 spiro atoms. The van der Waals surface area contributed by atoms with Gasteiger partial charge >= 0.3 is 0 Å². The predicted molar refractivity (Wildman–Crippen MR) is 93.5 cm³/mol. The Hall–Kier alpha value is -2.76. The SMILES string of the molecule is CC(=O)N(CCC(=O)Nc1ccc(F)cc1F)c1cc(C)ccc1C. The molecule has 2 amide bonds. The maximum absolute atomic E-state index is 13.6. The zero-order valence-electron chi connectivity index (χ0n) is 14.4. The Morgan fingerprint density at radius 3 is 2.44 bits per heavy atom. The van der Waals surface area contributed by atoms with Gasteiger partial charge < -0.3 is 10.2 Å². The highest BCUT2D eigenvalue weighted by molar-refractivity contribution is 5.95. The zero-order valence-corrected chi connectivity index (χ0v) is 14.4. The van der Waals surface area contributed by atoms with Gasteiger partial charge in [0.2, 0.25) is 11.8 Å². The molecule has 0 aliphatic heterocycles. The number of rotatable bonds is 5. The van der Waals surface area contributed by atoms with Crippen LogP contribution in [0.1, 0.15) is 24.5 Å². The van der Waals surface area contributed by atoms with Crippen molar-refractivity contribution in [3.05, 3.63) is 59.2 Å². The monoisotopic (exact) mass is 346 g/mol. The fourth-order valence-corrected chi connectivity index (χ4v) is 2.47. The van der Waals surface area contributed by atoms with Gasteiger partial charge in [-0.25, -0.2) is 8.78 Å². The Labute approximate surface area is 145 Å². The van der Waals surface area contributed by atoms with Crippen LogP contribution >= 0.6 is 0 Å². The number of hydrogen-bond donors (Lipinski definition) is 1. The molecule has 1 N–H and O–H groups in total. The Kier molecular flexibility index (Phi) is 5.85. The number of aryl methyl sites for hydroxylation is 2. The molecule has 0 radical (unpaired) electrons. The zero-order chi connectivity index (χ0) is 18.6. The first-order valence-electron chi connectivity index (χ1n) is 7.88. The third-order valence-corrected chi connectivity index (χ3v) is 3.80. The predicted octanol–water partition coefficient (Wildman–Crippen LogP) is 3.96. The van der Waals surface area contributed by atoms with Crippen LogP contribution in [0, 0.1) is 25.5 Å². The molecule has 0 aliphatic rings. The Bertz CT molecular complexity index is 806. The molecule has 0 aliphatic carbocycles. The molecule has 0 heterocycles. The topological polar surface area (TPSA) is 49.4 Å². The lowest BCUT2D eigenvalue weighted by Crippen LogP contribution is -2.32. The molecule has 0 atom stereocenters. The van der Waals surface area contributed by atoms with E-state index in [9.17, 15) is 18.4 Å². The Balaban J connectivity index is 2.07.